The molecule has 9 heteroatoms. The Kier molecular flexibility index (Phi) is 4.10. The van der Waals surface area contributed by atoms with Crippen LogP contribution in [0.15, 0.2) is 42.7 Å². The number of hydrogen-bond donors (Lipinski definition) is 3. The highest BCUT2D eigenvalue weighted by molar-refractivity contribution is 6.31. The number of hydrogen-bond acceptors (Lipinski definition) is 7. The van der Waals surface area contributed by atoms with Crippen LogP contribution < -0.4 is 25.8 Å². The van der Waals surface area contributed by atoms with Gasteiger partial charge in [-0.3, -0.25) is 0 Å². The molecular formula is C17H13ClFN5O2. The lowest BCUT2D eigenvalue weighted by molar-refractivity contribution is 0.174. The lowest BCUT2D eigenvalue weighted by Gasteiger charge is -2.13. The lowest BCUT2D eigenvalue weighted by Crippen LogP contribution is -2.05. The molecule has 0 radical (unpaired) electrons. The van der Waals surface area contributed by atoms with Crippen molar-refractivity contribution in [3.63, 3.8) is 0 Å². The molecule has 7 nitrogen and oxygen atoms in total. The Morgan fingerprint density at radius 2 is 1.62 bits per heavy atom. The van der Waals surface area contributed by atoms with E-state index in [2.05, 4.69) is 20.6 Å². The number of rotatable bonds is 4. The average molecular weight is 374 g/mol. The van der Waals surface area contributed by atoms with Gasteiger partial charge in [-0.1, -0.05) is 11.6 Å². The minimum atomic E-state index is -0.502. The van der Waals surface area contributed by atoms with Gasteiger partial charge in [-0.05, 0) is 30.3 Å². The van der Waals surface area contributed by atoms with E-state index in [9.17, 15) is 4.39 Å². The van der Waals surface area contributed by atoms with Crippen molar-refractivity contribution < 1.29 is 13.9 Å². The zero-order chi connectivity index (χ0) is 18.1. The van der Waals surface area contributed by atoms with Gasteiger partial charge < -0.3 is 25.8 Å². The Labute approximate surface area is 152 Å². The minimum Gasteiger partial charge on any atom is -0.454 e. The minimum absolute atomic E-state index is 0.00124. The van der Waals surface area contributed by atoms with E-state index >= 15 is 0 Å². The zero-order valence-electron chi connectivity index (χ0n) is 13.3. The van der Waals surface area contributed by atoms with E-state index in [1.165, 1.54) is 24.5 Å². The molecule has 0 fully saturated rings. The number of anilines is 5. The Morgan fingerprint density at radius 3 is 2.35 bits per heavy atom. The van der Waals surface area contributed by atoms with E-state index in [1.54, 1.807) is 12.1 Å². The predicted octanol–water partition coefficient (Wildman–Crippen LogP) is 4.07. The van der Waals surface area contributed by atoms with Crippen LogP contribution in [-0.2, 0) is 0 Å². The van der Waals surface area contributed by atoms with Crippen molar-refractivity contribution in [1.82, 2.24) is 9.97 Å². The maximum absolute atomic E-state index is 13.3. The molecule has 1 aromatic heterocycles. The van der Waals surface area contributed by atoms with E-state index in [0.717, 1.165) is 5.69 Å². The van der Waals surface area contributed by atoms with Crippen LogP contribution in [0.4, 0.5) is 33.1 Å². The highest BCUT2D eigenvalue weighted by Gasteiger charge is 2.15. The van der Waals surface area contributed by atoms with Crippen LogP contribution in [-0.4, -0.2) is 16.8 Å². The highest BCUT2D eigenvalue weighted by Crippen LogP contribution is 2.36. The van der Waals surface area contributed by atoms with Gasteiger partial charge in [-0.25, -0.2) is 14.4 Å². The molecule has 0 bridgehead atoms. The molecule has 1 aliphatic rings. The zero-order valence-corrected chi connectivity index (χ0v) is 14.0. The second-order valence-electron chi connectivity index (χ2n) is 5.43. The molecule has 0 spiro atoms. The van der Waals surface area contributed by atoms with Crippen molar-refractivity contribution in [3.8, 4) is 11.5 Å². The summed E-state index contributed by atoms with van der Waals surface area (Å²) in [4.78, 5) is 8.27. The maximum Gasteiger partial charge on any atom is 0.231 e. The first-order valence-electron chi connectivity index (χ1n) is 7.59. The topological polar surface area (TPSA) is 94.3 Å². The summed E-state index contributed by atoms with van der Waals surface area (Å²) in [7, 11) is 0. The summed E-state index contributed by atoms with van der Waals surface area (Å²) >= 11 is 5.79. The van der Waals surface area contributed by atoms with Crippen LogP contribution in [0.1, 0.15) is 0 Å². The largest absolute Gasteiger partial charge is 0.454 e. The van der Waals surface area contributed by atoms with E-state index in [0.29, 0.717) is 34.5 Å². The molecule has 1 aliphatic heterocycles. The van der Waals surface area contributed by atoms with Crippen LogP contribution in [0.2, 0.25) is 5.02 Å². The van der Waals surface area contributed by atoms with Crippen molar-refractivity contribution in [3.05, 3.63) is 53.6 Å². The average Bonchev–Trinajstić information content (AvgIpc) is 3.09. The summed E-state index contributed by atoms with van der Waals surface area (Å²) in [5, 5.41) is 6.11. The molecule has 0 saturated heterocycles. The normalized spacial score (nSPS) is 12.1. The third-order valence-electron chi connectivity index (χ3n) is 3.70. The number of nitrogens with one attached hydrogen (secondary N) is 2. The second-order valence-corrected chi connectivity index (χ2v) is 5.84. The third-order valence-corrected chi connectivity index (χ3v) is 3.99. The lowest BCUT2D eigenvalue weighted by atomic mass is 10.2. The molecule has 0 aliphatic carbocycles. The van der Waals surface area contributed by atoms with Gasteiger partial charge in [0, 0.05) is 17.4 Å². The first kappa shape index (κ1) is 16.2. The van der Waals surface area contributed by atoms with Crippen LogP contribution in [0, 0.1) is 5.82 Å². The fourth-order valence-corrected chi connectivity index (χ4v) is 2.60. The van der Waals surface area contributed by atoms with Gasteiger partial charge in [0.15, 0.2) is 23.1 Å². The highest BCUT2D eigenvalue weighted by atomic mass is 35.5. The van der Waals surface area contributed by atoms with E-state index < -0.39 is 5.82 Å². The fourth-order valence-electron chi connectivity index (χ4n) is 2.42. The summed E-state index contributed by atoms with van der Waals surface area (Å²) in [6.45, 7) is 0.197. The van der Waals surface area contributed by atoms with Gasteiger partial charge in [0.1, 0.15) is 17.8 Å². The van der Waals surface area contributed by atoms with Crippen molar-refractivity contribution in [2.45, 2.75) is 0 Å². The van der Waals surface area contributed by atoms with Crippen LogP contribution in [0.25, 0.3) is 0 Å². The number of ether oxygens (including phenoxy) is 2. The van der Waals surface area contributed by atoms with Gasteiger partial charge >= 0.3 is 0 Å². The second kappa shape index (κ2) is 6.57. The first-order chi connectivity index (χ1) is 12.6. The number of halogens is 2. The summed E-state index contributed by atoms with van der Waals surface area (Å²) in [6.07, 6.45) is 1.36. The molecule has 4 rings (SSSR count). The van der Waals surface area contributed by atoms with Crippen molar-refractivity contribution in [1.29, 1.82) is 0 Å². The molecule has 0 unspecified atom stereocenters. The molecule has 2 heterocycles. The molecule has 0 saturated carbocycles. The fraction of sp³-hybridized carbons (Fsp3) is 0.0588. The summed E-state index contributed by atoms with van der Waals surface area (Å²) < 4.78 is 23.9. The SMILES string of the molecule is Nc1c(Nc2ccc(F)c(Cl)c2)ncnc1Nc1ccc2c(c1)OCO2. The predicted molar refractivity (Wildman–Crippen MR) is 97.0 cm³/mol. The van der Waals surface area contributed by atoms with E-state index in [4.69, 9.17) is 26.8 Å². The molecule has 3 aromatic rings. The number of aromatic nitrogens is 2. The molecule has 2 aromatic carbocycles. The Morgan fingerprint density at radius 1 is 0.962 bits per heavy atom. The summed E-state index contributed by atoms with van der Waals surface area (Å²) in [5.74, 6) is 1.60. The maximum atomic E-state index is 13.3. The van der Waals surface area contributed by atoms with Crippen molar-refractivity contribution in [2.24, 2.45) is 0 Å². The molecule has 0 atom stereocenters. The van der Waals surface area contributed by atoms with Crippen molar-refractivity contribution >= 4 is 40.3 Å². The van der Waals surface area contributed by atoms with Crippen molar-refractivity contribution in [2.75, 3.05) is 23.2 Å². The summed E-state index contributed by atoms with van der Waals surface area (Å²) in [5.41, 5.74) is 7.73. The molecule has 4 N–H and O–H groups in total. The van der Waals surface area contributed by atoms with Crippen LogP contribution >= 0.6 is 11.6 Å². The van der Waals surface area contributed by atoms with Gasteiger partial charge in [-0.2, -0.15) is 0 Å². The third kappa shape index (κ3) is 3.14. The van der Waals surface area contributed by atoms with Gasteiger partial charge in [0.25, 0.3) is 0 Å². The smallest absolute Gasteiger partial charge is 0.231 e. The number of nitrogens with two attached hydrogens (primary N) is 1. The summed E-state index contributed by atoms with van der Waals surface area (Å²) in [6, 6.07) is 9.64. The Hall–Kier alpha value is -3.26. The van der Waals surface area contributed by atoms with Gasteiger partial charge in [0.05, 0.1) is 5.02 Å². The molecular weight excluding hydrogens is 361 g/mol. The molecule has 132 valence electrons. The van der Waals surface area contributed by atoms with E-state index in [1.807, 2.05) is 6.07 Å². The van der Waals surface area contributed by atoms with Crippen LogP contribution in [0.3, 0.4) is 0 Å². The van der Waals surface area contributed by atoms with E-state index in [-0.39, 0.29) is 11.8 Å². The number of benzene rings is 2. The first-order valence-corrected chi connectivity index (χ1v) is 7.97. The van der Waals surface area contributed by atoms with Gasteiger partial charge in [0.2, 0.25) is 6.79 Å². The molecule has 26 heavy (non-hydrogen) atoms. The number of nitrogens with zero attached hydrogens (tertiary/aromatic N) is 2. The van der Waals surface area contributed by atoms with Crippen LogP contribution in [0.5, 0.6) is 11.5 Å². The Bertz CT molecular complexity index is 985. The standard InChI is InChI=1S/C17H13ClFN5O2/c18-11-5-9(1-3-12(11)19)23-16-15(20)17(22-7-21-16)24-10-2-4-13-14(6-10)26-8-25-13/h1-7H,8,20H2,(H2,21,22,23,24). The quantitative estimate of drug-likeness (QED) is 0.634. The number of nitrogen functional groups attached to an aromatic ring is 1. The number of fused-ring (bicyclic) bond motifs is 1. The van der Waals surface area contributed by atoms with Gasteiger partial charge in [-0.15, -0.1) is 0 Å². The molecule has 0 amide bonds. The Balaban J connectivity index is 1.58. The monoisotopic (exact) mass is 373 g/mol.